The van der Waals surface area contributed by atoms with Gasteiger partial charge < -0.3 is 10.1 Å². The summed E-state index contributed by atoms with van der Waals surface area (Å²) in [6, 6.07) is 11.5. The Morgan fingerprint density at radius 1 is 1.26 bits per heavy atom. The number of rotatable bonds is 6. The van der Waals surface area contributed by atoms with Gasteiger partial charge in [0.05, 0.1) is 25.8 Å². The minimum Gasteiger partial charge on any atom is -0.497 e. The Bertz CT molecular complexity index is 1130. The van der Waals surface area contributed by atoms with E-state index in [0.717, 1.165) is 34.8 Å². The van der Waals surface area contributed by atoms with Crippen LogP contribution in [0.2, 0.25) is 0 Å². The summed E-state index contributed by atoms with van der Waals surface area (Å²) in [5.41, 5.74) is 2.65. The number of fused-ring (bicyclic) bond motifs is 1. The number of nitrogens with one attached hydrogen (secondary N) is 1. The largest absolute Gasteiger partial charge is 0.497 e. The zero-order valence-corrected chi connectivity index (χ0v) is 17.9. The molecule has 1 amide bonds. The van der Waals surface area contributed by atoms with Crippen LogP contribution in [0.3, 0.4) is 0 Å². The molecule has 162 valence electrons. The molecule has 3 aromatic rings. The molecule has 1 aliphatic rings. The Hall–Kier alpha value is -3.42. The molecule has 1 N–H and O–H groups in total. The predicted molar refractivity (Wildman–Crippen MR) is 116 cm³/mol. The van der Waals surface area contributed by atoms with Crippen LogP contribution in [0.25, 0.3) is 0 Å². The van der Waals surface area contributed by atoms with Crippen molar-refractivity contribution in [3.05, 3.63) is 75.7 Å². The first-order valence-electron chi connectivity index (χ1n) is 10.5. The van der Waals surface area contributed by atoms with E-state index in [0.29, 0.717) is 25.9 Å². The van der Waals surface area contributed by atoms with E-state index in [-0.39, 0.29) is 24.1 Å². The SMILES string of the molecule is COc1cccc(Cn2nc3n(c2=O)CCC(NC(=O)Cc2ncccc2C)CC3)c1. The molecule has 4 rings (SSSR count). The number of hydrogen-bond acceptors (Lipinski definition) is 5. The summed E-state index contributed by atoms with van der Waals surface area (Å²) in [6.07, 6.45) is 4.07. The second-order valence-electron chi connectivity index (χ2n) is 7.90. The molecular formula is C23H27N5O3. The zero-order valence-electron chi connectivity index (χ0n) is 17.9. The van der Waals surface area contributed by atoms with Crippen LogP contribution in [-0.2, 0) is 30.7 Å². The van der Waals surface area contributed by atoms with Crippen LogP contribution in [0, 0.1) is 6.92 Å². The summed E-state index contributed by atoms with van der Waals surface area (Å²) in [5.74, 6) is 1.48. The van der Waals surface area contributed by atoms with Crippen molar-refractivity contribution in [2.45, 2.75) is 51.7 Å². The summed E-state index contributed by atoms with van der Waals surface area (Å²) >= 11 is 0. The van der Waals surface area contributed by atoms with Crippen molar-refractivity contribution in [1.82, 2.24) is 24.6 Å². The molecule has 0 saturated heterocycles. The molecule has 1 unspecified atom stereocenters. The maximum atomic E-state index is 12.9. The first kappa shape index (κ1) is 20.8. The molecular weight excluding hydrogens is 394 g/mol. The minimum atomic E-state index is -0.117. The van der Waals surface area contributed by atoms with E-state index in [1.54, 1.807) is 17.9 Å². The Labute approximate surface area is 180 Å². The average molecular weight is 422 g/mol. The van der Waals surface area contributed by atoms with Crippen molar-refractivity contribution in [2.75, 3.05) is 7.11 Å². The topological polar surface area (TPSA) is 91.0 Å². The molecule has 0 radical (unpaired) electrons. The van der Waals surface area contributed by atoms with E-state index in [9.17, 15) is 9.59 Å². The molecule has 31 heavy (non-hydrogen) atoms. The second kappa shape index (κ2) is 9.16. The summed E-state index contributed by atoms with van der Waals surface area (Å²) in [5, 5.41) is 7.66. The smallest absolute Gasteiger partial charge is 0.346 e. The van der Waals surface area contributed by atoms with Gasteiger partial charge in [-0.3, -0.25) is 14.3 Å². The number of aryl methyl sites for hydroxylation is 2. The lowest BCUT2D eigenvalue weighted by Gasteiger charge is -2.16. The first-order valence-corrected chi connectivity index (χ1v) is 10.5. The molecule has 0 fully saturated rings. The minimum absolute atomic E-state index is 0.0180. The van der Waals surface area contributed by atoms with E-state index in [4.69, 9.17) is 4.74 Å². The Morgan fingerprint density at radius 2 is 2.13 bits per heavy atom. The molecule has 0 saturated carbocycles. The lowest BCUT2D eigenvalue weighted by molar-refractivity contribution is -0.121. The third-order valence-electron chi connectivity index (χ3n) is 5.69. The van der Waals surface area contributed by atoms with Crippen LogP contribution in [0.1, 0.15) is 35.5 Å². The van der Waals surface area contributed by atoms with Gasteiger partial charge in [-0.15, -0.1) is 0 Å². The van der Waals surface area contributed by atoms with Crippen molar-refractivity contribution in [3.63, 3.8) is 0 Å². The van der Waals surface area contributed by atoms with Gasteiger partial charge in [0.2, 0.25) is 5.91 Å². The number of pyridine rings is 1. The quantitative estimate of drug-likeness (QED) is 0.656. The zero-order chi connectivity index (χ0) is 21.8. The van der Waals surface area contributed by atoms with E-state index in [1.165, 1.54) is 4.68 Å². The summed E-state index contributed by atoms with van der Waals surface area (Å²) in [7, 11) is 1.62. The van der Waals surface area contributed by atoms with E-state index < -0.39 is 0 Å². The van der Waals surface area contributed by atoms with Gasteiger partial charge in [0.25, 0.3) is 0 Å². The fourth-order valence-electron chi connectivity index (χ4n) is 3.95. The average Bonchev–Trinajstić information content (AvgIpc) is 2.92. The number of ether oxygens (including phenoxy) is 1. The fourth-order valence-corrected chi connectivity index (χ4v) is 3.95. The van der Waals surface area contributed by atoms with Gasteiger partial charge in [-0.2, -0.15) is 5.10 Å². The van der Waals surface area contributed by atoms with Gasteiger partial charge in [-0.1, -0.05) is 18.2 Å². The number of hydrogen-bond donors (Lipinski definition) is 1. The highest BCUT2D eigenvalue weighted by Crippen LogP contribution is 2.15. The van der Waals surface area contributed by atoms with Crippen molar-refractivity contribution in [1.29, 1.82) is 0 Å². The van der Waals surface area contributed by atoms with Crippen molar-refractivity contribution in [3.8, 4) is 5.75 Å². The Kier molecular flexibility index (Phi) is 6.16. The number of amides is 1. The second-order valence-corrected chi connectivity index (χ2v) is 7.90. The number of carbonyl (C=O) groups excluding carboxylic acids is 1. The third kappa shape index (κ3) is 4.84. The Morgan fingerprint density at radius 3 is 2.94 bits per heavy atom. The van der Waals surface area contributed by atoms with Crippen molar-refractivity contribution in [2.24, 2.45) is 0 Å². The van der Waals surface area contributed by atoms with Crippen LogP contribution in [-0.4, -0.2) is 38.4 Å². The lowest BCUT2D eigenvalue weighted by atomic mass is 10.1. The van der Waals surface area contributed by atoms with E-state index >= 15 is 0 Å². The molecule has 0 spiro atoms. The Balaban J connectivity index is 1.39. The number of aromatic nitrogens is 4. The van der Waals surface area contributed by atoms with Crippen molar-refractivity contribution < 1.29 is 9.53 Å². The van der Waals surface area contributed by atoms with Crippen LogP contribution in [0.5, 0.6) is 5.75 Å². The molecule has 8 nitrogen and oxygen atoms in total. The molecule has 1 aliphatic heterocycles. The fraction of sp³-hybridized carbons (Fsp3) is 0.391. The van der Waals surface area contributed by atoms with Gasteiger partial charge in [-0.05, 0) is 49.1 Å². The molecule has 1 atom stereocenters. The highest BCUT2D eigenvalue weighted by molar-refractivity contribution is 5.78. The number of benzene rings is 1. The van der Waals surface area contributed by atoms with Gasteiger partial charge in [0.1, 0.15) is 11.6 Å². The standard InChI is InChI=1S/C23H27N5O3/c1-16-5-4-11-24-20(16)14-22(29)25-18-8-9-21-26-28(23(30)27(21)12-10-18)15-17-6-3-7-19(13-17)31-2/h3-7,11,13,18H,8-10,12,14-15H2,1-2H3,(H,25,29). The summed E-state index contributed by atoms with van der Waals surface area (Å²) < 4.78 is 8.49. The van der Waals surface area contributed by atoms with Crippen LogP contribution < -0.4 is 15.7 Å². The maximum absolute atomic E-state index is 12.9. The molecule has 1 aromatic carbocycles. The van der Waals surface area contributed by atoms with Gasteiger partial charge >= 0.3 is 5.69 Å². The van der Waals surface area contributed by atoms with Crippen LogP contribution in [0.4, 0.5) is 0 Å². The predicted octanol–water partition coefficient (Wildman–Crippen LogP) is 1.87. The number of carbonyl (C=O) groups is 1. The van der Waals surface area contributed by atoms with Gasteiger partial charge in [0.15, 0.2) is 0 Å². The molecule has 0 bridgehead atoms. The maximum Gasteiger partial charge on any atom is 0.346 e. The van der Waals surface area contributed by atoms with Gasteiger partial charge in [-0.25, -0.2) is 9.48 Å². The number of nitrogens with zero attached hydrogens (tertiary/aromatic N) is 4. The first-order chi connectivity index (χ1) is 15.0. The monoisotopic (exact) mass is 421 g/mol. The van der Waals surface area contributed by atoms with Gasteiger partial charge in [0, 0.05) is 25.2 Å². The van der Waals surface area contributed by atoms with Crippen LogP contribution >= 0.6 is 0 Å². The van der Waals surface area contributed by atoms with Crippen LogP contribution in [0.15, 0.2) is 47.4 Å². The van der Waals surface area contributed by atoms with Crippen molar-refractivity contribution >= 4 is 5.91 Å². The number of methoxy groups -OCH3 is 1. The molecule has 2 aromatic heterocycles. The lowest BCUT2D eigenvalue weighted by Crippen LogP contribution is -2.37. The molecule has 8 heteroatoms. The molecule has 0 aliphatic carbocycles. The highest BCUT2D eigenvalue weighted by atomic mass is 16.5. The molecule has 3 heterocycles. The summed E-state index contributed by atoms with van der Waals surface area (Å²) in [4.78, 5) is 29.6. The van der Waals surface area contributed by atoms with E-state index in [1.807, 2.05) is 43.3 Å². The normalized spacial score (nSPS) is 15.7. The van der Waals surface area contributed by atoms with E-state index in [2.05, 4.69) is 15.4 Å². The third-order valence-corrected chi connectivity index (χ3v) is 5.69. The summed E-state index contributed by atoms with van der Waals surface area (Å²) in [6.45, 7) is 2.90. The highest BCUT2D eigenvalue weighted by Gasteiger charge is 2.22.